The minimum Gasteiger partial charge on any atom is -0.491 e. The Balaban J connectivity index is 1.51. The average molecular weight is 478 g/mol. The van der Waals surface area contributed by atoms with Crippen LogP contribution in [0.1, 0.15) is 19.3 Å². The SMILES string of the molecule is CNCC(O)COc1cccc(-c2nc(NCCCN3CCCC3=O)cc(-c3cncnc3)n2)c1. The van der Waals surface area contributed by atoms with Crippen molar-refractivity contribution in [3.63, 3.8) is 0 Å². The summed E-state index contributed by atoms with van der Waals surface area (Å²) in [6.07, 6.45) is 6.73. The van der Waals surface area contributed by atoms with Gasteiger partial charge in [-0.15, -0.1) is 0 Å². The number of anilines is 1. The maximum Gasteiger partial charge on any atom is 0.222 e. The van der Waals surface area contributed by atoms with Gasteiger partial charge >= 0.3 is 0 Å². The maximum absolute atomic E-state index is 11.8. The third-order valence-electron chi connectivity index (χ3n) is 5.64. The highest BCUT2D eigenvalue weighted by Crippen LogP contribution is 2.26. The summed E-state index contributed by atoms with van der Waals surface area (Å²) >= 11 is 0. The van der Waals surface area contributed by atoms with Gasteiger partial charge in [-0.1, -0.05) is 12.1 Å². The predicted molar refractivity (Wildman–Crippen MR) is 133 cm³/mol. The van der Waals surface area contributed by atoms with Gasteiger partial charge in [0.15, 0.2) is 5.82 Å². The van der Waals surface area contributed by atoms with Gasteiger partial charge in [0.1, 0.15) is 30.6 Å². The van der Waals surface area contributed by atoms with Crippen molar-refractivity contribution in [2.24, 2.45) is 0 Å². The fourth-order valence-corrected chi connectivity index (χ4v) is 3.88. The number of likely N-dealkylation sites (N-methyl/N-ethyl adjacent to an activating group) is 1. The molecule has 2 aromatic heterocycles. The molecule has 1 unspecified atom stereocenters. The van der Waals surface area contributed by atoms with Gasteiger partial charge in [0.2, 0.25) is 5.91 Å². The Morgan fingerprint density at radius 3 is 2.80 bits per heavy atom. The number of ether oxygens (including phenoxy) is 1. The number of nitrogens with zero attached hydrogens (tertiary/aromatic N) is 5. The van der Waals surface area contributed by atoms with E-state index in [-0.39, 0.29) is 12.5 Å². The number of carbonyl (C=O) groups excluding carboxylic acids is 1. The minimum atomic E-state index is -0.604. The molecule has 3 heterocycles. The van der Waals surface area contributed by atoms with Gasteiger partial charge in [-0.2, -0.15) is 0 Å². The smallest absolute Gasteiger partial charge is 0.222 e. The van der Waals surface area contributed by atoms with E-state index in [1.165, 1.54) is 6.33 Å². The van der Waals surface area contributed by atoms with Gasteiger partial charge in [0.05, 0.1) is 5.69 Å². The van der Waals surface area contributed by atoms with Crippen molar-refractivity contribution in [2.75, 3.05) is 45.2 Å². The van der Waals surface area contributed by atoms with E-state index in [1.54, 1.807) is 19.4 Å². The number of hydrogen-bond acceptors (Lipinski definition) is 9. The summed E-state index contributed by atoms with van der Waals surface area (Å²) in [6, 6.07) is 9.35. The average Bonchev–Trinajstić information content (AvgIpc) is 3.30. The molecule has 1 fully saturated rings. The van der Waals surface area contributed by atoms with Crippen LogP contribution in [0.5, 0.6) is 5.75 Å². The number of aromatic nitrogens is 4. The zero-order chi connectivity index (χ0) is 24.5. The highest BCUT2D eigenvalue weighted by atomic mass is 16.5. The van der Waals surface area contributed by atoms with E-state index in [4.69, 9.17) is 14.7 Å². The molecule has 10 nitrogen and oxygen atoms in total. The Kier molecular flexibility index (Phi) is 8.53. The van der Waals surface area contributed by atoms with Gasteiger partial charge in [-0.3, -0.25) is 4.79 Å². The lowest BCUT2D eigenvalue weighted by Gasteiger charge is -2.16. The van der Waals surface area contributed by atoms with E-state index >= 15 is 0 Å². The molecule has 10 heteroatoms. The molecular formula is C25H31N7O3. The number of benzene rings is 1. The number of carbonyl (C=O) groups is 1. The van der Waals surface area contributed by atoms with Crippen LogP contribution < -0.4 is 15.4 Å². The molecule has 184 valence electrons. The lowest BCUT2D eigenvalue weighted by Crippen LogP contribution is -2.29. The molecule has 1 atom stereocenters. The van der Waals surface area contributed by atoms with Crippen LogP contribution in [-0.2, 0) is 4.79 Å². The molecule has 1 amide bonds. The summed E-state index contributed by atoms with van der Waals surface area (Å²) in [5.74, 6) is 2.07. The van der Waals surface area contributed by atoms with Crippen molar-refractivity contribution in [3.8, 4) is 28.4 Å². The molecule has 3 N–H and O–H groups in total. The fraction of sp³-hybridized carbons (Fsp3) is 0.400. The van der Waals surface area contributed by atoms with Gasteiger partial charge in [0, 0.05) is 62.2 Å². The number of amides is 1. The van der Waals surface area contributed by atoms with Crippen LogP contribution in [0.15, 0.2) is 49.1 Å². The first kappa shape index (κ1) is 24.5. The van der Waals surface area contributed by atoms with Crippen LogP contribution >= 0.6 is 0 Å². The van der Waals surface area contributed by atoms with E-state index in [0.717, 1.165) is 37.1 Å². The molecule has 0 bridgehead atoms. The number of aliphatic hydroxyl groups excluding tert-OH is 1. The van der Waals surface area contributed by atoms with Crippen molar-refractivity contribution in [3.05, 3.63) is 49.1 Å². The van der Waals surface area contributed by atoms with E-state index < -0.39 is 6.10 Å². The molecule has 4 rings (SSSR count). The monoisotopic (exact) mass is 477 g/mol. The van der Waals surface area contributed by atoms with Crippen LogP contribution in [-0.4, -0.2) is 81.8 Å². The summed E-state index contributed by atoms with van der Waals surface area (Å²) in [5, 5.41) is 16.2. The molecule has 0 spiro atoms. The molecule has 1 saturated heterocycles. The first-order valence-electron chi connectivity index (χ1n) is 11.8. The first-order chi connectivity index (χ1) is 17.1. The molecule has 1 aliphatic heterocycles. The van der Waals surface area contributed by atoms with E-state index in [2.05, 4.69) is 20.6 Å². The van der Waals surface area contributed by atoms with Crippen molar-refractivity contribution in [1.82, 2.24) is 30.2 Å². The topological polar surface area (TPSA) is 125 Å². The van der Waals surface area contributed by atoms with Crippen LogP contribution in [0.2, 0.25) is 0 Å². The molecule has 0 aliphatic carbocycles. The molecule has 35 heavy (non-hydrogen) atoms. The first-order valence-corrected chi connectivity index (χ1v) is 11.8. The van der Waals surface area contributed by atoms with Crippen molar-refractivity contribution in [2.45, 2.75) is 25.4 Å². The number of nitrogens with one attached hydrogen (secondary N) is 2. The standard InChI is InChI=1S/C25H31N7O3/c1-26-15-20(33)16-35-21-6-2-5-18(11-21)25-30-22(19-13-27-17-28-14-19)12-23(31-25)29-8-4-10-32-9-3-7-24(32)34/h2,5-6,11-14,17,20,26,33H,3-4,7-10,15-16H2,1H3,(H,29,30,31). The third kappa shape index (κ3) is 6.93. The van der Waals surface area contributed by atoms with Crippen molar-refractivity contribution in [1.29, 1.82) is 0 Å². The van der Waals surface area contributed by atoms with E-state index in [9.17, 15) is 9.90 Å². The fourth-order valence-electron chi connectivity index (χ4n) is 3.88. The second-order valence-corrected chi connectivity index (χ2v) is 8.40. The Bertz CT molecular complexity index is 1110. The zero-order valence-corrected chi connectivity index (χ0v) is 19.9. The van der Waals surface area contributed by atoms with Gasteiger partial charge < -0.3 is 25.4 Å². The molecule has 1 aliphatic rings. The number of aliphatic hydroxyl groups is 1. The molecule has 3 aromatic rings. The normalized spacial score (nSPS) is 14.2. The molecule has 0 saturated carbocycles. The Morgan fingerprint density at radius 2 is 2.03 bits per heavy atom. The number of rotatable bonds is 12. The minimum absolute atomic E-state index is 0.179. The maximum atomic E-state index is 11.8. The van der Waals surface area contributed by atoms with E-state index in [1.807, 2.05) is 35.2 Å². The van der Waals surface area contributed by atoms with Gasteiger partial charge in [-0.05, 0) is 32.0 Å². The summed E-state index contributed by atoms with van der Waals surface area (Å²) in [5.41, 5.74) is 2.27. The Morgan fingerprint density at radius 1 is 1.17 bits per heavy atom. The van der Waals surface area contributed by atoms with Crippen LogP contribution in [0, 0.1) is 0 Å². The molecule has 0 radical (unpaired) electrons. The second-order valence-electron chi connectivity index (χ2n) is 8.40. The largest absolute Gasteiger partial charge is 0.491 e. The Labute approximate surface area is 204 Å². The summed E-state index contributed by atoms with van der Waals surface area (Å²) < 4.78 is 5.75. The van der Waals surface area contributed by atoms with Crippen LogP contribution in [0.25, 0.3) is 22.6 Å². The van der Waals surface area contributed by atoms with Gasteiger partial charge in [-0.25, -0.2) is 19.9 Å². The summed E-state index contributed by atoms with van der Waals surface area (Å²) in [7, 11) is 1.78. The zero-order valence-electron chi connectivity index (χ0n) is 19.9. The summed E-state index contributed by atoms with van der Waals surface area (Å²) in [6.45, 7) is 2.89. The van der Waals surface area contributed by atoms with Crippen LogP contribution in [0.4, 0.5) is 5.82 Å². The predicted octanol–water partition coefficient (Wildman–Crippen LogP) is 1.98. The van der Waals surface area contributed by atoms with Crippen molar-refractivity contribution < 1.29 is 14.6 Å². The molecular weight excluding hydrogens is 446 g/mol. The van der Waals surface area contributed by atoms with E-state index in [0.29, 0.717) is 42.6 Å². The highest BCUT2D eigenvalue weighted by molar-refractivity contribution is 5.78. The van der Waals surface area contributed by atoms with Crippen LogP contribution in [0.3, 0.4) is 0 Å². The lowest BCUT2D eigenvalue weighted by molar-refractivity contribution is -0.127. The number of likely N-dealkylation sites (tertiary alicyclic amines) is 1. The molecule has 1 aromatic carbocycles. The number of hydrogen-bond donors (Lipinski definition) is 3. The van der Waals surface area contributed by atoms with Crippen molar-refractivity contribution >= 4 is 11.7 Å². The second kappa shape index (κ2) is 12.2. The lowest BCUT2D eigenvalue weighted by atomic mass is 10.1. The highest BCUT2D eigenvalue weighted by Gasteiger charge is 2.19. The quantitative estimate of drug-likeness (QED) is 0.336. The van der Waals surface area contributed by atoms with Gasteiger partial charge in [0.25, 0.3) is 0 Å². The third-order valence-corrected chi connectivity index (χ3v) is 5.64. The summed E-state index contributed by atoms with van der Waals surface area (Å²) in [4.78, 5) is 31.4. The Hall–Kier alpha value is -3.63.